The zero-order chi connectivity index (χ0) is 15.6. The fourth-order valence-corrected chi connectivity index (χ4v) is 2.67. The van der Waals surface area contributed by atoms with Crippen molar-refractivity contribution in [1.29, 1.82) is 0 Å². The number of hydrogen-bond donors (Lipinski definition) is 0. The molecule has 0 saturated carbocycles. The van der Waals surface area contributed by atoms with Crippen LogP contribution in [0.4, 0.5) is 0 Å². The Morgan fingerprint density at radius 2 is 1.78 bits per heavy atom. The van der Waals surface area contributed by atoms with Gasteiger partial charge in [0.25, 0.3) is 0 Å². The van der Waals surface area contributed by atoms with Gasteiger partial charge in [-0.25, -0.2) is 9.97 Å². The Bertz CT molecular complexity index is 1040. The van der Waals surface area contributed by atoms with E-state index in [9.17, 15) is 0 Å². The average molecular weight is 298 g/mol. The highest BCUT2D eigenvalue weighted by atomic mass is 16.3. The monoisotopic (exact) mass is 298 g/mol. The molecule has 2 aromatic carbocycles. The summed E-state index contributed by atoms with van der Waals surface area (Å²) in [7, 11) is 0. The lowest BCUT2D eigenvalue weighted by atomic mass is 10.1. The molecular weight excluding hydrogens is 284 g/mol. The Labute approximate surface area is 133 Å². The van der Waals surface area contributed by atoms with Crippen molar-refractivity contribution in [1.82, 2.24) is 9.97 Å². The normalized spacial score (nSPS) is 11.5. The van der Waals surface area contributed by atoms with E-state index >= 15 is 0 Å². The summed E-state index contributed by atoms with van der Waals surface area (Å²) in [5.41, 5.74) is 4.49. The predicted octanol–water partition coefficient (Wildman–Crippen LogP) is 5.24. The van der Waals surface area contributed by atoms with Gasteiger partial charge in [0.2, 0.25) is 0 Å². The number of aromatic nitrogens is 2. The van der Waals surface area contributed by atoms with E-state index in [2.05, 4.69) is 34.7 Å². The minimum Gasteiger partial charge on any atom is -0.456 e. The van der Waals surface area contributed by atoms with Crippen molar-refractivity contribution in [3.05, 3.63) is 79.3 Å². The molecule has 0 atom stereocenters. The second-order valence-corrected chi connectivity index (χ2v) is 5.23. The van der Waals surface area contributed by atoms with Crippen molar-refractivity contribution in [2.75, 3.05) is 0 Å². The topological polar surface area (TPSA) is 38.9 Å². The summed E-state index contributed by atoms with van der Waals surface area (Å²) in [5.74, 6) is 0. The van der Waals surface area contributed by atoms with Crippen LogP contribution in [0.1, 0.15) is 5.69 Å². The third kappa shape index (κ3) is 2.42. The van der Waals surface area contributed by atoms with Gasteiger partial charge in [-0.05, 0) is 30.3 Å². The minimum absolute atomic E-state index is 0.847. The first-order valence-corrected chi connectivity index (χ1v) is 7.38. The highest BCUT2D eigenvalue weighted by Crippen LogP contribution is 2.31. The van der Waals surface area contributed by atoms with Gasteiger partial charge in [-0.3, -0.25) is 0 Å². The Balaban J connectivity index is 1.84. The molecule has 0 unspecified atom stereocenters. The summed E-state index contributed by atoms with van der Waals surface area (Å²) in [4.78, 5) is 8.60. The molecule has 0 aliphatic rings. The van der Waals surface area contributed by atoms with E-state index in [0.29, 0.717) is 0 Å². The second-order valence-electron chi connectivity index (χ2n) is 5.23. The lowest BCUT2D eigenvalue weighted by molar-refractivity contribution is 0.669. The molecule has 0 fully saturated rings. The molecule has 4 rings (SSSR count). The van der Waals surface area contributed by atoms with Gasteiger partial charge in [0.1, 0.15) is 17.5 Å². The largest absolute Gasteiger partial charge is 0.456 e. The number of hydrogen-bond acceptors (Lipinski definition) is 3. The van der Waals surface area contributed by atoms with E-state index < -0.39 is 0 Å². The lowest BCUT2D eigenvalue weighted by Gasteiger charge is -2.01. The summed E-state index contributed by atoms with van der Waals surface area (Å²) >= 11 is 0. The van der Waals surface area contributed by atoms with Crippen molar-refractivity contribution in [2.45, 2.75) is 0 Å². The summed E-state index contributed by atoms with van der Waals surface area (Å²) in [6.45, 7) is 3.67. The van der Waals surface area contributed by atoms with Crippen molar-refractivity contribution in [2.24, 2.45) is 0 Å². The summed E-state index contributed by atoms with van der Waals surface area (Å²) in [6.07, 6.45) is 7.05. The Hall–Kier alpha value is -3.20. The van der Waals surface area contributed by atoms with Crippen molar-refractivity contribution in [3.8, 4) is 11.3 Å². The summed E-state index contributed by atoms with van der Waals surface area (Å²) in [5, 5.41) is 2.25. The highest BCUT2D eigenvalue weighted by molar-refractivity contribution is 6.05. The standard InChI is InChI=1S/C20H14N2O/c1-2-3-6-15-12-18(22-13-21-15)14-9-10-17-16-7-4-5-8-19(16)23-20(17)11-14/h2-13H,1H2/b6-3-. The molecule has 0 aliphatic heterocycles. The first kappa shape index (κ1) is 13.5. The lowest BCUT2D eigenvalue weighted by Crippen LogP contribution is -1.88. The van der Waals surface area contributed by atoms with E-state index in [-0.39, 0.29) is 0 Å². The van der Waals surface area contributed by atoms with Gasteiger partial charge in [0.15, 0.2) is 0 Å². The zero-order valence-electron chi connectivity index (χ0n) is 12.4. The highest BCUT2D eigenvalue weighted by Gasteiger charge is 2.08. The van der Waals surface area contributed by atoms with Gasteiger partial charge in [-0.15, -0.1) is 0 Å². The van der Waals surface area contributed by atoms with Crippen molar-refractivity contribution >= 4 is 28.0 Å². The van der Waals surface area contributed by atoms with Crippen LogP contribution in [-0.2, 0) is 0 Å². The fourth-order valence-electron chi connectivity index (χ4n) is 2.67. The zero-order valence-corrected chi connectivity index (χ0v) is 12.4. The molecule has 110 valence electrons. The quantitative estimate of drug-likeness (QED) is 0.485. The number of para-hydroxylation sites is 1. The molecule has 2 heterocycles. The van der Waals surface area contributed by atoms with Crippen LogP contribution in [0.3, 0.4) is 0 Å². The summed E-state index contributed by atoms with van der Waals surface area (Å²) in [6, 6.07) is 16.2. The third-order valence-electron chi connectivity index (χ3n) is 3.77. The van der Waals surface area contributed by atoms with Crippen LogP contribution in [0.2, 0.25) is 0 Å². The Kier molecular flexibility index (Phi) is 3.24. The van der Waals surface area contributed by atoms with Crippen molar-refractivity contribution in [3.63, 3.8) is 0 Å². The van der Waals surface area contributed by atoms with Crippen LogP contribution in [0.25, 0.3) is 39.3 Å². The SMILES string of the molecule is C=C/C=C\c1cc(-c2ccc3c(c2)oc2ccccc23)ncn1. The molecule has 0 bridgehead atoms. The van der Waals surface area contributed by atoms with Gasteiger partial charge >= 0.3 is 0 Å². The average Bonchev–Trinajstić information content (AvgIpc) is 2.98. The molecule has 0 radical (unpaired) electrons. The number of allylic oxidation sites excluding steroid dienone is 2. The van der Waals surface area contributed by atoms with Crippen LogP contribution in [0.15, 0.2) is 78.0 Å². The number of benzene rings is 2. The fraction of sp³-hybridized carbons (Fsp3) is 0. The van der Waals surface area contributed by atoms with Crippen LogP contribution in [-0.4, -0.2) is 9.97 Å². The van der Waals surface area contributed by atoms with Gasteiger partial charge in [0, 0.05) is 16.3 Å². The van der Waals surface area contributed by atoms with Gasteiger partial charge in [-0.2, -0.15) is 0 Å². The molecule has 3 nitrogen and oxygen atoms in total. The van der Waals surface area contributed by atoms with Gasteiger partial charge < -0.3 is 4.42 Å². The van der Waals surface area contributed by atoms with Crippen molar-refractivity contribution < 1.29 is 4.42 Å². The van der Waals surface area contributed by atoms with E-state index in [1.165, 1.54) is 0 Å². The van der Waals surface area contributed by atoms with E-state index in [4.69, 9.17) is 4.42 Å². The Morgan fingerprint density at radius 3 is 2.70 bits per heavy atom. The maximum Gasteiger partial charge on any atom is 0.136 e. The van der Waals surface area contributed by atoms with Gasteiger partial charge in [-0.1, -0.05) is 43.0 Å². The number of nitrogens with zero attached hydrogens (tertiary/aromatic N) is 2. The molecule has 23 heavy (non-hydrogen) atoms. The molecule has 0 spiro atoms. The number of rotatable bonds is 3. The van der Waals surface area contributed by atoms with Crippen LogP contribution >= 0.6 is 0 Å². The first-order chi connectivity index (χ1) is 11.3. The maximum absolute atomic E-state index is 5.94. The third-order valence-corrected chi connectivity index (χ3v) is 3.77. The predicted molar refractivity (Wildman–Crippen MR) is 94.0 cm³/mol. The first-order valence-electron chi connectivity index (χ1n) is 7.38. The smallest absolute Gasteiger partial charge is 0.136 e. The molecule has 4 aromatic rings. The molecular formula is C20H14N2O. The number of furan rings is 1. The van der Waals surface area contributed by atoms with Crippen LogP contribution in [0, 0.1) is 0 Å². The van der Waals surface area contributed by atoms with Gasteiger partial charge in [0.05, 0.1) is 11.4 Å². The minimum atomic E-state index is 0.847. The Morgan fingerprint density at radius 1 is 0.913 bits per heavy atom. The second kappa shape index (κ2) is 5.54. The molecule has 0 saturated heterocycles. The van der Waals surface area contributed by atoms with Crippen LogP contribution in [0.5, 0.6) is 0 Å². The van der Waals surface area contributed by atoms with Crippen LogP contribution < -0.4 is 0 Å². The molecule has 0 aliphatic carbocycles. The van der Waals surface area contributed by atoms with E-state index in [1.54, 1.807) is 12.4 Å². The van der Waals surface area contributed by atoms with E-state index in [0.717, 1.165) is 38.9 Å². The summed E-state index contributed by atoms with van der Waals surface area (Å²) < 4.78 is 5.94. The van der Waals surface area contributed by atoms with E-state index in [1.807, 2.05) is 42.5 Å². The molecule has 3 heteroatoms. The molecule has 2 aromatic heterocycles. The molecule has 0 N–H and O–H groups in total. The number of fused-ring (bicyclic) bond motifs is 3. The maximum atomic E-state index is 5.94. The molecule has 0 amide bonds.